The van der Waals surface area contributed by atoms with Crippen molar-refractivity contribution in [1.29, 1.82) is 0 Å². The molecule has 0 fully saturated rings. The first kappa shape index (κ1) is 12.6. The van der Waals surface area contributed by atoms with Crippen LogP contribution in [0.2, 0.25) is 0 Å². The van der Waals surface area contributed by atoms with Crippen molar-refractivity contribution in [2.45, 2.75) is 26.4 Å². The third-order valence-electron chi connectivity index (χ3n) is 2.41. The summed E-state index contributed by atoms with van der Waals surface area (Å²) >= 11 is 0. The van der Waals surface area contributed by atoms with Gasteiger partial charge in [-0.25, -0.2) is 4.39 Å². The molecule has 0 aliphatic rings. The molecule has 1 rings (SSSR count). The predicted molar refractivity (Wildman–Crippen MR) is 59.8 cm³/mol. The average molecular weight is 225 g/mol. The van der Waals surface area contributed by atoms with E-state index >= 15 is 0 Å². The molecular formula is C12H16FNO2. The Balaban J connectivity index is 2.69. The highest BCUT2D eigenvalue weighted by Gasteiger charge is 2.11. The molecule has 0 aliphatic heterocycles. The van der Waals surface area contributed by atoms with Crippen LogP contribution in [0, 0.1) is 12.7 Å². The molecule has 2 N–H and O–H groups in total. The van der Waals surface area contributed by atoms with Crippen LogP contribution in [0.3, 0.4) is 0 Å². The minimum absolute atomic E-state index is 0.186. The van der Waals surface area contributed by atoms with Gasteiger partial charge in [0, 0.05) is 12.1 Å². The minimum atomic E-state index is -0.558. The summed E-state index contributed by atoms with van der Waals surface area (Å²) in [7, 11) is 0. The number of rotatable bonds is 4. The second kappa shape index (κ2) is 5.61. The van der Waals surface area contributed by atoms with Crippen molar-refractivity contribution in [2.75, 3.05) is 6.54 Å². The zero-order chi connectivity index (χ0) is 12.1. The van der Waals surface area contributed by atoms with E-state index in [9.17, 15) is 14.3 Å². The van der Waals surface area contributed by atoms with Crippen LogP contribution in [0.25, 0.3) is 0 Å². The normalized spacial score (nSPS) is 12.2. The minimum Gasteiger partial charge on any atom is -0.391 e. The maximum Gasteiger partial charge on any atom is 0.251 e. The fourth-order valence-corrected chi connectivity index (χ4v) is 1.29. The molecule has 16 heavy (non-hydrogen) atoms. The molecular weight excluding hydrogens is 209 g/mol. The lowest BCUT2D eigenvalue weighted by Crippen LogP contribution is -2.32. The number of hydrogen-bond acceptors (Lipinski definition) is 2. The first-order chi connectivity index (χ1) is 7.54. The van der Waals surface area contributed by atoms with Crippen molar-refractivity contribution in [3.63, 3.8) is 0 Å². The van der Waals surface area contributed by atoms with Crippen LogP contribution < -0.4 is 5.32 Å². The van der Waals surface area contributed by atoms with Crippen LogP contribution in [0.15, 0.2) is 18.2 Å². The third-order valence-corrected chi connectivity index (χ3v) is 2.41. The zero-order valence-corrected chi connectivity index (χ0v) is 9.46. The van der Waals surface area contributed by atoms with E-state index in [4.69, 9.17) is 0 Å². The Morgan fingerprint density at radius 1 is 1.56 bits per heavy atom. The van der Waals surface area contributed by atoms with Crippen LogP contribution in [0.4, 0.5) is 4.39 Å². The molecule has 3 nitrogen and oxygen atoms in total. The lowest BCUT2D eigenvalue weighted by molar-refractivity contribution is 0.0913. The smallest absolute Gasteiger partial charge is 0.251 e. The molecule has 0 spiro atoms. The summed E-state index contributed by atoms with van der Waals surface area (Å²) in [6.45, 7) is 3.75. The predicted octanol–water partition coefficient (Wildman–Crippen LogP) is 1.63. The summed E-state index contributed by atoms with van der Waals surface area (Å²) in [4.78, 5) is 11.6. The zero-order valence-electron chi connectivity index (χ0n) is 9.46. The van der Waals surface area contributed by atoms with E-state index < -0.39 is 11.9 Å². The fraction of sp³-hybridized carbons (Fsp3) is 0.417. The number of hydrogen-bond donors (Lipinski definition) is 2. The molecule has 1 atom stereocenters. The Kier molecular flexibility index (Phi) is 4.43. The standard InChI is InChI=1S/C12H16FNO2/c1-3-10(15)7-14-12(16)11-6-9(13)5-4-8(11)2/h4-6,10,15H,3,7H2,1-2H3,(H,14,16). The SMILES string of the molecule is CCC(O)CNC(=O)c1cc(F)ccc1C. The molecule has 88 valence electrons. The third kappa shape index (κ3) is 3.31. The van der Waals surface area contributed by atoms with Gasteiger partial charge in [0.1, 0.15) is 5.82 Å². The summed E-state index contributed by atoms with van der Waals surface area (Å²) < 4.78 is 12.9. The van der Waals surface area contributed by atoms with Gasteiger partial charge < -0.3 is 10.4 Å². The van der Waals surface area contributed by atoms with Crippen LogP contribution in [0.5, 0.6) is 0 Å². The van der Waals surface area contributed by atoms with Crippen molar-refractivity contribution in [3.8, 4) is 0 Å². The number of benzene rings is 1. The summed E-state index contributed by atoms with van der Waals surface area (Å²) in [6, 6.07) is 4.07. The van der Waals surface area contributed by atoms with E-state index in [1.54, 1.807) is 13.0 Å². The van der Waals surface area contributed by atoms with E-state index in [-0.39, 0.29) is 12.5 Å². The van der Waals surface area contributed by atoms with E-state index in [2.05, 4.69) is 5.32 Å². The van der Waals surface area contributed by atoms with Crippen molar-refractivity contribution < 1.29 is 14.3 Å². The highest BCUT2D eigenvalue weighted by atomic mass is 19.1. The molecule has 0 heterocycles. The number of halogens is 1. The molecule has 0 radical (unpaired) electrons. The van der Waals surface area contributed by atoms with Crippen molar-refractivity contribution in [2.24, 2.45) is 0 Å². The van der Waals surface area contributed by atoms with Crippen molar-refractivity contribution in [1.82, 2.24) is 5.32 Å². The molecule has 0 aromatic heterocycles. The van der Waals surface area contributed by atoms with E-state index in [1.165, 1.54) is 12.1 Å². The van der Waals surface area contributed by atoms with Gasteiger partial charge in [0.2, 0.25) is 0 Å². The van der Waals surface area contributed by atoms with E-state index in [1.807, 2.05) is 6.92 Å². The second-order valence-corrected chi connectivity index (χ2v) is 3.73. The summed E-state index contributed by atoms with van der Waals surface area (Å²) in [6.07, 6.45) is 0.0143. The van der Waals surface area contributed by atoms with Gasteiger partial charge in [0.25, 0.3) is 5.91 Å². The van der Waals surface area contributed by atoms with E-state index in [0.717, 1.165) is 0 Å². The Labute approximate surface area is 94.3 Å². The van der Waals surface area contributed by atoms with Crippen LogP contribution >= 0.6 is 0 Å². The summed E-state index contributed by atoms with van der Waals surface area (Å²) in [5.74, 6) is -0.795. The maximum atomic E-state index is 12.9. The average Bonchev–Trinajstić information content (AvgIpc) is 2.28. The Morgan fingerprint density at radius 2 is 2.25 bits per heavy atom. The van der Waals surface area contributed by atoms with Gasteiger partial charge in [-0.1, -0.05) is 13.0 Å². The van der Waals surface area contributed by atoms with Gasteiger partial charge in [0.05, 0.1) is 6.10 Å². The fourth-order valence-electron chi connectivity index (χ4n) is 1.29. The van der Waals surface area contributed by atoms with Crippen LogP contribution in [0.1, 0.15) is 29.3 Å². The molecule has 0 bridgehead atoms. The molecule has 0 saturated heterocycles. The Bertz CT molecular complexity index is 379. The highest BCUT2D eigenvalue weighted by molar-refractivity contribution is 5.95. The van der Waals surface area contributed by atoms with Gasteiger partial charge in [-0.2, -0.15) is 0 Å². The molecule has 1 unspecified atom stereocenters. The van der Waals surface area contributed by atoms with Gasteiger partial charge in [-0.15, -0.1) is 0 Å². The first-order valence-corrected chi connectivity index (χ1v) is 5.27. The number of amides is 1. The quantitative estimate of drug-likeness (QED) is 0.818. The molecule has 4 heteroatoms. The summed E-state index contributed by atoms with van der Waals surface area (Å²) in [5.41, 5.74) is 1.02. The monoisotopic (exact) mass is 225 g/mol. The van der Waals surface area contributed by atoms with E-state index in [0.29, 0.717) is 17.5 Å². The number of aliphatic hydroxyl groups is 1. The van der Waals surface area contributed by atoms with Gasteiger partial charge >= 0.3 is 0 Å². The van der Waals surface area contributed by atoms with Crippen LogP contribution in [-0.2, 0) is 0 Å². The molecule has 1 amide bonds. The molecule has 0 saturated carbocycles. The molecule has 1 aromatic carbocycles. The number of carbonyl (C=O) groups is 1. The number of aliphatic hydroxyl groups excluding tert-OH is 1. The summed E-state index contributed by atoms with van der Waals surface area (Å²) in [5, 5.41) is 11.9. The van der Waals surface area contributed by atoms with Gasteiger partial charge in [-0.3, -0.25) is 4.79 Å². The number of carbonyl (C=O) groups excluding carboxylic acids is 1. The first-order valence-electron chi connectivity index (χ1n) is 5.27. The van der Waals surface area contributed by atoms with Crippen molar-refractivity contribution >= 4 is 5.91 Å². The van der Waals surface area contributed by atoms with Gasteiger partial charge in [0.15, 0.2) is 0 Å². The highest BCUT2D eigenvalue weighted by Crippen LogP contribution is 2.09. The molecule has 1 aromatic rings. The van der Waals surface area contributed by atoms with Crippen LogP contribution in [-0.4, -0.2) is 23.7 Å². The Morgan fingerprint density at radius 3 is 2.88 bits per heavy atom. The number of aryl methyl sites for hydroxylation is 1. The number of nitrogens with one attached hydrogen (secondary N) is 1. The Hall–Kier alpha value is -1.42. The topological polar surface area (TPSA) is 49.3 Å². The maximum absolute atomic E-state index is 12.9. The second-order valence-electron chi connectivity index (χ2n) is 3.73. The van der Waals surface area contributed by atoms with Crippen molar-refractivity contribution in [3.05, 3.63) is 35.1 Å². The van der Waals surface area contributed by atoms with Gasteiger partial charge in [-0.05, 0) is 31.0 Å². The lowest BCUT2D eigenvalue weighted by Gasteiger charge is -2.10. The lowest BCUT2D eigenvalue weighted by atomic mass is 10.1. The largest absolute Gasteiger partial charge is 0.391 e. The molecule has 0 aliphatic carbocycles.